The van der Waals surface area contributed by atoms with Crippen molar-refractivity contribution >= 4 is 17.6 Å². The minimum absolute atomic E-state index is 0.243. The number of esters is 1. The maximum atomic E-state index is 11.9. The molecule has 0 aliphatic carbocycles. The van der Waals surface area contributed by atoms with Crippen molar-refractivity contribution in [1.29, 1.82) is 0 Å². The van der Waals surface area contributed by atoms with Gasteiger partial charge in [-0.2, -0.15) is 5.10 Å². The van der Waals surface area contributed by atoms with Crippen molar-refractivity contribution in [3.05, 3.63) is 70.9 Å². The van der Waals surface area contributed by atoms with Gasteiger partial charge in [-0.1, -0.05) is 41.9 Å². The molecule has 1 heterocycles. The Bertz CT molecular complexity index is 905. The number of benzene rings is 2. The Labute approximate surface area is 150 Å². The van der Waals surface area contributed by atoms with Crippen LogP contribution >= 0.6 is 11.6 Å². The minimum atomic E-state index is -0.484. The van der Waals surface area contributed by atoms with E-state index in [1.165, 1.54) is 7.11 Å². The van der Waals surface area contributed by atoms with Crippen LogP contribution in [0.4, 0.5) is 0 Å². The Morgan fingerprint density at radius 1 is 1.12 bits per heavy atom. The average molecular weight is 357 g/mol. The number of rotatable bonds is 5. The van der Waals surface area contributed by atoms with Gasteiger partial charge in [-0.05, 0) is 29.8 Å². The molecule has 0 saturated carbocycles. The van der Waals surface area contributed by atoms with Gasteiger partial charge >= 0.3 is 5.97 Å². The largest absolute Gasteiger partial charge is 0.497 e. The van der Waals surface area contributed by atoms with Gasteiger partial charge in [0.15, 0.2) is 5.69 Å². The second-order valence-corrected chi connectivity index (χ2v) is 5.79. The molecule has 0 radical (unpaired) electrons. The molecule has 0 unspecified atom stereocenters. The van der Waals surface area contributed by atoms with Crippen molar-refractivity contribution in [2.45, 2.75) is 6.54 Å². The lowest BCUT2D eigenvalue weighted by atomic mass is 10.1. The van der Waals surface area contributed by atoms with Gasteiger partial charge in [0.2, 0.25) is 0 Å². The van der Waals surface area contributed by atoms with E-state index in [1.54, 1.807) is 17.9 Å². The van der Waals surface area contributed by atoms with Gasteiger partial charge in [0.25, 0.3) is 0 Å². The SMILES string of the molecule is COC(=O)c1cc(-c2cccc(OC)c2)n(Cc2ccccc2Cl)n1. The number of halogens is 1. The molecule has 0 aliphatic heterocycles. The molecule has 1 aromatic heterocycles. The van der Waals surface area contributed by atoms with Crippen LogP contribution in [0.2, 0.25) is 5.02 Å². The fourth-order valence-corrected chi connectivity index (χ4v) is 2.74. The number of methoxy groups -OCH3 is 2. The zero-order valence-corrected chi connectivity index (χ0v) is 14.7. The third-order valence-corrected chi connectivity index (χ3v) is 4.19. The highest BCUT2D eigenvalue weighted by Gasteiger charge is 2.17. The Balaban J connectivity index is 2.07. The van der Waals surface area contributed by atoms with Crippen LogP contribution in [-0.2, 0) is 11.3 Å². The highest BCUT2D eigenvalue weighted by molar-refractivity contribution is 6.31. The fraction of sp³-hybridized carbons (Fsp3) is 0.158. The predicted molar refractivity (Wildman–Crippen MR) is 96.1 cm³/mol. The van der Waals surface area contributed by atoms with E-state index in [2.05, 4.69) is 5.10 Å². The zero-order valence-electron chi connectivity index (χ0n) is 13.9. The number of hydrogen-bond donors (Lipinski definition) is 0. The molecule has 128 valence electrons. The Morgan fingerprint density at radius 2 is 1.92 bits per heavy atom. The number of aromatic nitrogens is 2. The third-order valence-electron chi connectivity index (χ3n) is 3.82. The smallest absolute Gasteiger partial charge is 0.358 e. The summed E-state index contributed by atoms with van der Waals surface area (Å²) in [5.41, 5.74) is 2.81. The van der Waals surface area contributed by atoms with Crippen molar-refractivity contribution in [2.75, 3.05) is 14.2 Å². The second kappa shape index (κ2) is 7.40. The lowest BCUT2D eigenvalue weighted by Gasteiger charge is -2.10. The van der Waals surface area contributed by atoms with E-state index in [9.17, 15) is 4.79 Å². The molecule has 0 fully saturated rings. The van der Waals surface area contributed by atoms with Crippen LogP contribution in [-0.4, -0.2) is 30.0 Å². The first-order chi connectivity index (χ1) is 12.1. The Kier molecular flexibility index (Phi) is 5.05. The van der Waals surface area contributed by atoms with Crippen molar-refractivity contribution < 1.29 is 14.3 Å². The maximum Gasteiger partial charge on any atom is 0.358 e. The average Bonchev–Trinajstić information content (AvgIpc) is 3.07. The summed E-state index contributed by atoms with van der Waals surface area (Å²) >= 11 is 6.26. The normalized spacial score (nSPS) is 10.5. The molecule has 3 aromatic rings. The number of carbonyl (C=O) groups is 1. The Morgan fingerprint density at radius 3 is 2.64 bits per heavy atom. The van der Waals surface area contributed by atoms with Gasteiger partial charge in [-0.3, -0.25) is 4.68 Å². The fourth-order valence-electron chi connectivity index (χ4n) is 2.54. The summed E-state index contributed by atoms with van der Waals surface area (Å²) in [6, 6.07) is 16.8. The summed E-state index contributed by atoms with van der Waals surface area (Å²) in [7, 11) is 2.95. The van der Waals surface area contributed by atoms with Crippen molar-refractivity contribution in [2.24, 2.45) is 0 Å². The Hall–Kier alpha value is -2.79. The number of nitrogens with zero attached hydrogens (tertiary/aromatic N) is 2. The zero-order chi connectivity index (χ0) is 17.8. The van der Waals surface area contributed by atoms with Crippen molar-refractivity contribution in [3.8, 4) is 17.0 Å². The van der Waals surface area contributed by atoms with Gasteiger partial charge in [0, 0.05) is 10.6 Å². The molecule has 0 spiro atoms. The molecule has 0 bridgehead atoms. The standard InChI is InChI=1S/C19H17ClN2O3/c1-24-15-8-5-7-13(10-15)18-11-17(19(23)25-2)21-22(18)12-14-6-3-4-9-16(14)20/h3-11H,12H2,1-2H3. The quantitative estimate of drug-likeness (QED) is 0.647. The topological polar surface area (TPSA) is 53.4 Å². The minimum Gasteiger partial charge on any atom is -0.497 e. The van der Waals surface area contributed by atoms with E-state index in [0.29, 0.717) is 11.6 Å². The number of hydrogen-bond acceptors (Lipinski definition) is 4. The highest BCUT2D eigenvalue weighted by Crippen LogP contribution is 2.26. The van der Waals surface area contributed by atoms with Crippen LogP contribution in [0.1, 0.15) is 16.1 Å². The summed E-state index contributed by atoms with van der Waals surface area (Å²) < 4.78 is 11.8. The molecule has 0 N–H and O–H groups in total. The summed E-state index contributed by atoms with van der Waals surface area (Å²) in [5.74, 6) is 0.240. The van der Waals surface area contributed by atoms with Gasteiger partial charge in [0.05, 0.1) is 26.5 Å². The summed E-state index contributed by atoms with van der Waals surface area (Å²) in [6.07, 6.45) is 0. The van der Waals surface area contributed by atoms with Crippen LogP contribution in [0, 0.1) is 0 Å². The molecule has 0 saturated heterocycles. The first-order valence-corrected chi connectivity index (χ1v) is 8.04. The highest BCUT2D eigenvalue weighted by atomic mass is 35.5. The molecule has 0 atom stereocenters. The second-order valence-electron chi connectivity index (χ2n) is 5.39. The van der Waals surface area contributed by atoms with E-state index in [0.717, 1.165) is 22.6 Å². The predicted octanol–water partition coefficient (Wildman–Crippen LogP) is 4.05. The third kappa shape index (κ3) is 3.67. The van der Waals surface area contributed by atoms with E-state index in [-0.39, 0.29) is 5.69 Å². The van der Waals surface area contributed by atoms with Crippen LogP contribution in [0.5, 0.6) is 5.75 Å². The molecule has 6 heteroatoms. The van der Waals surface area contributed by atoms with E-state index in [4.69, 9.17) is 21.1 Å². The van der Waals surface area contributed by atoms with Crippen LogP contribution in [0.25, 0.3) is 11.3 Å². The van der Waals surface area contributed by atoms with Crippen LogP contribution in [0.3, 0.4) is 0 Å². The molecule has 0 amide bonds. The van der Waals surface area contributed by atoms with Crippen LogP contribution in [0.15, 0.2) is 54.6 Å². The molecule has 0 aliphatic rings. The number of ether oxygens (including phenoxy) is 2. The summed E-state index contributed by atoms with van der Waals surface area (Å²) in [6.45, 7) is 0.434. The van der Waals surface area contributed by atoms with Gasteiger partial charge < -0.3 is 9.47 Å². The lowest BCUT2D eigenvalue weighted by Crippen LogP contribution is -2.07. The number of carbonyl (C=O) groups excluding carboxylic acids is 1. The monoisotopic (exact) mass is 356 g/mol. The first-order valence-electron chi connectivity index (χ1n) is 7.66. The molecule has 25 heavy (non-hydrogen) atoms. The molecule has 2 aromatic carbocycles. The van der Waals surface area contributed by atoms with E-state index < -0.39 is 5.97 Å². The molecule has 5 nitrogen and oxygen atoms in total. The first kappa shape index (κ1) is 17.0. The maximum absolute atomic E-state index is 11.9. The molecular weight excluding hydrogens is 340 g/mol. The van der Waals surface area contributed by atoms with Crippen molar-refractivity contribution in [1.82, 2.24) is 9.78 Å². The van der Waals surface area contributed by atoms with Gasteiger partial charge in [-0.25, -0.2) is 4.79 Å². The van der Waals surface area contributed by atoms with Crippen LogP contribution < -0.4 is 4.74 Å². The molecule has 3 rings (SSSR count). The van der Waals surface area contributed by atoms with E-state index >= 15 is 0 Å². The summed E-state index contributed by atoms with van der Waals surface area (Å²) in [4.78, 5) is 11.9. The van der Waals surface area contributed by atoms with Crippen molar-refractivity contribution in [3.63, 3.8) is 0 Å². The summed E-state index contributed by atoms with van der Waals surface area (Å²) in [5, 5.41) is 5.04. The van der Waals surface area contributed by atoms with E-state index in [1.807, 2.05) is 48.5 Å². The lowest BCUT2D eigenvalue weighted by molar-refractivity contribution is 0.0593. The van der Waals surface area contributed by atoms with Gasteiger partial charge in [0.1, 0.15) is 5.75 Å². The van der Waals surface area contributed by atoms with Gasteiger partial charge in [-0.15, -0.1) is 0 Å². The molecular formula is C19H17ClN2O3.